The lowest BCUT2D eigenvalue weighted by Crippen LogP contribution is -2.48. The van der Waals surface area contributed by atoms with Crippen molar-refractivity contribution in [3.05, 3.63) is 30.1 Å². The number of ether oxygens (including phenoxy) is 1. The summed E-state index contributed by atoms with van der Waals surface area (Å²) in [4.78, 5) is 12.2. The van der Waals surface area contributed by atoms with Crippen LogP contribution in [0.15, 0.2) is 24.3 Å². The summed E-state index contributed by atoms with van der Waals surface area (Å²) in [5, 5.41) is 11.9. The predicted octanol–water partition coefficient (Wildman–Crippen LogP) is 2.26. The first kappa shape index (κ1) is 15.8. The Morgan fingerprint density at radius 2 is 2.00 bits per heavy atom. The van der Waals surface area contributed by atoms with Gasteiger partial charge in [-0.05, 0) is 62.8 Å². The lowest BCUT2D eigenvalue weighted by atomic mass is 10.0. The fraction of sp³-hybridized carbons (Fsp3) is 0.562. The normalized spacial score (nSPS) is 16.4. The highest BCUT2D eigenvalue weighted by molar-refractivity contribution is 5.84. The van der Waals surface area contributed by atoms with Crippen molar-refractivity contribution in [1.82, 2.24) is 5.32 Å². The van der Waals surface area contributed by atoms with Gasteiger partial charge in [-0.25, -0.2) is 4.39 Å². The van der Waals surface area contributed by atoms with Crippen LogP contribution in [0, 0.1) is 11.2 Å². The van der Waals surface area contributed by atoms with Gasteiger partial charge in [0.15, 0.2) is 5.60 Å². The van der Waals surface area contributed by atoms with Crippen LogP contribution in [-0.2, 0) is 4.79 Å². The van der Waals surface area contributed by atoms with Crippen LogP contribution < -0.4 is 10.1 Å². The highest BCUT2D eigenvalue weighted by atomic mass is 19.1. The van der Waals surface area contributed by atoms with Gasteiger partial charge in [0.1, 0.15) is 11.6 Å². The third-order valence-corrected chi connectivity index (χ3v) is 3.96. The second-order valence-electron chi connectivity index (χ2n) is 6.22. The second-order valence-corrected chi connectivity index (χ2v) is 6.22. The van der Waals surface area contributed by atoms with E-state index in [9.17, 15) is 9.18 Å². The molecular formula is C16H22FNO3. The SMILES string of the molecule is CC(C)(Oc1ccc(F)cc1)C(=O)NCC1(CCO)CC1. The van der Waals surface area contributed by atoms with Gasteiger partial charge in [-0.2, -0.15) is 0 Å². The molecule has 0 bridgehead atoms. The zero-order valence-electron chi connectivity index (χ0n) is 12.5. The number of aliphatic hydroxyl groups excluding tert-OH is 1. The number of carbonyl (C=O) groups is 1. The number of halogens is 1. The number of nitrogens with one attached hydrogen (secondary N) is 1. The average molecular weight is 295 g/mol. The zero-order valence-corrected chi connectivity index (χ0v) is 12.5. The van der Waals surface area contributed by atoms with E-state index in [0.29, 0.717) is 18.7 Å². The quantitative estimate of drug-likeness (QED) is 0.811. The number of benzene rings is 1. The Balaban J connectivity index is 1.89. The zero-order chi connectivity index (χ0) is 15.5. The minimum Gasteiger partial charge on any atom is -0.478 e. The largest absolute Gasteiger partial charge is 0.478 e. The Hall–Kier alpha value is -1.62. The summed E-state index contributed by atoms with van der Waals surface area (Å²) in [6.07, 6.45) is 2.78. The third kappa shape index (κ3) is 4.17. The van der Waals surface area contributed by atoms with Gasteiger partial charge in [-0.1, -0.05) is 0 Å². The van der Waals surface area contributed by atoms with Crippen LogP contribution in [0.3, 0.4) is 0 Å². The Labute approximate surface area is 124 Å². The smallest absolute Gasteiger partial charge is 0.263 e. The van der Waals surface area contributed by atoms with Crippen molar-refractivity contribution < 1.29 is 19.0 Å². The number of carbonyl (C=O) groups excluding carboxylic acids is 1. The Morgan fingerprint density at radius 1 is 1.38 bits per heavy atom. The molecule has 2 rings (SSSR count). The van der Waals surface area contributed by atoms with Gasteiger partial charge in [0, 0.05) is 13.2 Å². The van der Waals surface area contributed by atoms with Gasteiger partial charge >= 0.3 is 0 Å². The van der Waals surface area contributed by atoms with Gasteiger partial charge in [0.2, 0.25) is 0 Å². The highest BCUT2D eigenvalue weighted by Crippen LogP contribution is 2.47. The standard InChI is InChI=1S/C16H22FNO3/c1-15(2,21-13-5-3-12(17)4-6-13)14(20)18-11-16(7-8-16)9-10-19/h3-6,19H,7-11H2,1-2H3,(H,18,20). The number of rotatable bonds is 7. The van der Waals surface area contributed by atoms with Crippen LogP contribution >= 0.6 is 0 Å². The minimum absolute atomic E-state index is 0.0658. The molecule has 1 amide bonds. The lowest BCUT2D eigenvalue weighted by molar-refractivity contribution is -0.134. The van der Waals surface area contributed by atoms with Crippen LogP contribution in [0.2, 0.25) is 0 Å². The summed E-state index contributed by atoms with van der Waals surface area (Å²) in [5.74, 6) is -0.103. The summed E-state index contributed by atoms with van der Waals surface area (Å²) >= 11 is 0. The number of aliphatic hydroxyl groups is 1. The second kappa shape index (κ2) is 6.02. The molecule has 0 unspecified atom stereocenters. The summed E-state index contributed by atoms with van der Waals surface area (Å²) < 4.78 is 18.5. The molecule has 0 heterocycles. The maximum absolute atomic E-state index is 12.9. The number of amides is 1. The van der Waals surface area contributed by atoms with Crippen molar-refractivity contribution in [3.8, 4) is 5.75 Å². The topological polar surface area (TPSA) is 58.6 Å². The van der Waals surface area contributed by atoms with E-state index in [0.717, 1.165) is 12.8 Å². The summed E-state index contributed by atoms with van der Waals surface area (Å²) in [6, 6.07) is 5.59. The molecule has 1 aromatic carbocycles. The highest BCUT2D eigenvalue weighted by Gasteiger charge is 2.43. The van der Waals surface area contributed by atoms with E-state index in [1.54, 1.807) is 13.8 Å². The molecule has 1 aliphatic carbocycles. The van der Waals surface area contributed by atoms with Crippen LogP contribution in [0.4, 0.5) is 4.39 Å². The molecule has 0 spiro atoms. The fourth-order valence-corrected chi connectivity index (χ4v) is 2.25. The molecule has 1 fully saturated rings. The molecular weight excluding hydrogens is 273 g/mol. The van der Waals surface area contributed by atoms with E-state index in [-0.39, 0.29) is 23.7 Å². The summed E-state index contributed by atoms with van der Waals surface area (Å²) in [6.45, 7) is 4.06. The molecule has 1 aliphatic rings. The van der Waals surface area contributed by atoms with E-state index in [1.165, 1.54) is 24.3 Å². The molecule has 0 aromatic heterocycles. The molecule has 4 nitrogen and oxygen atoms in total. The van der Waals surface area contributed by atoms with Gasteiger partial charge < -0.3 is 15.2 Å². The van der Waals surface area contributed by atoms with E-state index >= 15 is 0 Å². The van der Waals surface area contributed by atoms with Crippen molar-refractivity contribution in [2.45, 2.75) is 38.7 Å². The molecule has 0 atom stereocenters. The van der Waals surface area contributed by atoms with Crippen molar-refractivity contribution in [3.63, 3.8) is 0 Å². The monoisotopic (exact) mass is 295 g/mol. The fourth-order valence-electron chi connectivity index (χ4n) is 2.25. The van der Waals surface area contributed by atoms with E-state index in [2.05, 4.69) is 5.32 Å². The van der Waals surface area contributed by atoms with Crippen molar-refractivity contribution in [2.24, 2.45) is 5.41 Å². The van der Waals surface area contributed by atoms with Crippen molar-refractivity contribution in [1.29, 1.82) is 0 Å². The Bertz CT molecular complexity index is 495. The molecule has 21 heavy (non-hydrogen) atoms. The molecule has 1 saturated carbocycles. The van der Waals surface area contributed by atoms with E-state index in [1.807, 2.05) is 0 Å². The molecule has 2 N–H and O–H groups in total. The van der Waals surface area contributed by atoms with Crippen molar-refractivity contribution >= 4 is 5.91 Å². The Kier molecular flexibility index (Phi) is 4.52. The van der Waals surface area contributed by atoms with Crippen LogP contribution in [0.1, 0.15) is 33.1 Å². The molecule has 116 valence electrons. The number of hydrogen-bond acceptors (Lipinski definition) is 3. The van der Waals surface area contributed by atoms with E-state index in [4.69, 9.17) is 9.84 Å². The molecule has 0 aliphatic heterocycles. The first-order valence-electron chi connectivity index (χ1n) is 7.21. The first-order chi connectivity index (χ1) is 9.87. The first-order valence-corrected chi connectivity index (χ1v) is 7.21. The third-order valence-electron chi connectivity index (χ3n) is 3.96. The van der Waals surface area contributed by atoms with Gasteiger partial charge in [-0.3, -0.25) is 4.79 Å². The lowest BCUT2D eigenvalue weighted by Gasteiger charge is -2.26. The number of hydrogen-bond donors (Lipinski definition) is 2. The molecule has 1 aromatic rings. The van der Waals surface area contributed by atoms with Crippen LogP contribution in [-0.4, -0.2) is 29.8 Å². The summed E-state index contributed by atoms with van der Waals surface area (Å²) in [7, 11) is 0. The molecule has 0 saturated heterocycles. The molecule has 5 heteroatoms. The van der Waals surface area contributed by atoms with Gasteiger partial charge in [0.05, 0.1) is 0 Å². The van der Waals surface area contributed by atoms with Gasteiger partial charge in [-0.15, -0.1) is 0 Å². The maximum Gasteiger partial charge on any atom is 0.263 e. The van der Waals surface area contributed by atoms with Crippen molar-refractivity contribution in [2.75, 3.05) is 13.2 Å². The maximum atomic E-state index is 12.9. The van der Waals surface area contributed by atoms with Gasteiger partial charge in [0.25, 0.3) is 5.91 Å². The molecule has 0 radical (unpaired) electrons. The minimum atomic E-state index is -1.03. The van der Waals surface area contributed by atoms with Crippen LogP contribution in [0.5, 0.6) is 5.75 Å². The van der Waals surface area contributed by atoms with Crippen LogP contribution in [0.25, 0.3) is 0 Å². The predicted molar refractivity (Wildman–Crippen MR) is 77.5 cm³/mol. The average Bonchev–Trinajstić information content (AvgIpc) is 3.19. The van der Waals surface area contributed by atoms with E-state index < -0.39 is 5.60 Å². The Morgan fingerprint density at radius 3 is 2.52 bits per heavy atom. The summed E-state index contributed by atoms with van der Waals surface area (Å²) in [5.41, 5.74) is -0.969.